The molecule has 158 valence electrons. The molecule has 0 saturated heterocycles. The summed E-state index contributed by atoms with van der Waals surface area (Å²) in [5, 5.41) is 4.15. The van der Waals surface area contributed by atoms with Crippen molar-refractivity contribution in [3.05, 3.63) is 81.5 Å². The van der Waals surface area contributed by atoms with Crippen LogP contribution in [0.1, 0.15) is 28.3 Å². The van der Waals surface area contributed by atoms with Crippen molar-refractivity contribution in [2.24, 2.45) is 0 Å². The second kappa shape index (κ2) is 8.89. The molecule has 1 aliphatic rings. The maximum absolute atomic E-state index is 13.0. The maximum Gasteiger partial charge on any atom is 0.240 e. The van der Waals surface area contributed by atoms with E-state index >= 15 is 0 Å². The highest BCUT2D eigenvalue weighted by atomic mass is 32.2. The average molecular weight is 443 g/mol. The topological polar surface area (TPSA) is 58.6 Å². The monoisotopic (exact) mass is 442 g/mol. The molecule has 4 rings (SSSR count). The predicted molar refractivity (Wildman–Crippen MR) is 121 cm³/mol. The van der Waals surface area contributed by atoms with Gasteiger partial charge in [0.1, 0.15) is 5.75 Å². The van der Waals surface area contributed by atoms with Gasteiger partial charge in [-0.3, -0.25) is 4.90 Å². The number of nitrogens with zero attached hydrogens (tertiary/aromatic N) is 1. The number of ether oxygens (including phenoxy) is 1. The van der Waals surface area contributed by atoms with Gasteiger partial charge in [0.2, 0.25) is 10.0 Å². The van der Waals surface area contributed by atoms with Gasteiger partial charge in [0.25, 0.3) is 0 Å². The summed E-state index contributed by atoms with van der Waals surface area (Å²) in [6, 6.07) is 15.5. The van der Waals surface area contributed by atoms with Crippen molar-refractivity contribution in [2.75, 3.05) is 20.2 Å². The summed E-state index contributed by atoms with van der Waals surface area (Å²) in [6.45, 7) is 3.89. The zero-order chi connectivity index (χ0) is 21.1. The molecule has 1 aliphatic heterocycles. The fourth-order valence-electron chi connectivity index (χ4n) is 4.00. The van der Waals surface area contributed by atoms with Crippen LogP contribution in [0.25, 0.3) is 0 Å². The van der Waals surface area contributed by atoms with Crippen LogP contribution < -0.4 is 9.46 Å². The Kier molecular flexibility index (Phi) is 6.24. The van der Waals surface area contributed by atoms with E-state index in [9.17, 15) is 8.42 Å². The van der Waals surface area contributed by atoms with Gasteiger partial charge in [0.15, 0.2) is 0 Å². The summed E-state index contributed by atoms with van der Waals surface area (Å²) in [5.74, 6) is 0.678. The summed E-state index contributed by atoms with van der Waals surface area (Å²) in [4.78, 5) is 2.63. The number of hydrogen-bond acceptors (Lipinski definition) is 5. The molecule has 7 heteroatoms. The van der Waals surface area contributed by atoms with Gasteiger partial charge in [-0.1, -0.05) is 24.3 Å². The van der Waals surface area contributed by atoms with Crippen molar-refractivity contribution in [1.29, 1.82) is 0 Å². The average Bonchev–Trinajstić information content (AvgIpc) is 3.28. The zero-order valence-electron chi connectivity index (χ0n) is 17.2. The smallest absolute Gasteiger partial charge is 0.240 e. The molecule has 0 amide bonds. The van der Waals surface area contributed by atoms with E-state index in [4.69, 9.17) is 4.74 Å². The van der Waals surface area contributed by atoms with Crippen LogP contribution in [0, 0.1) is 6.92 Å². The van der Waals surface area contributed by atoms with E-state index in [1.165, 1.54) is 11.1 Å². The minimum absolute atomic E-state index is 0.0151. The van der Waals surface area contributed by atoms with E-state index < -0.39 is 10.0 Å². The van der Waals surface area contributed by atoms with Crippen LogP contribution in [0.5, 0.6) is 5.75 Å². The lowest BCUT2D eigenvalue weighted by Crippen LogP contribution is -2.40. The van der Waals surface area contributed by atoms with Gasteiger partial charge >= 0.3 is 0 Å². The van der Waals surface area contributed by atoms with Crippen LogP contribution in [0.4, 0.5) is 0 Å². The summed E-state index contributed by atoms with van der Waals surface area (Å²) < 4.78 is 34.0. The predicted octanol–water partition coefficient (Wildman–Crippen LogP) is 4.14. The maximum atomic E-state index is 13.0. The molecule has 0 saturated carbocycles. The number of fused-ring (bicyclic) bond motifs is 1. The zero-order valence-corrected chi connectivity index (χ0v) is 18.8. The molecule has 0 aliphatic carbocycles. The van der Waals surface area contributed by atoms with Crippen LogP contribution in [0.15, 0.2) is 64.2 Å². The largest absolute Gasteiger partial charge is 0.496 e. The number of sulfonamides is 1. The molecular formula is C23H26N2O3S2. The molecule has 1 aromatic heterocycles. The molecule has 0 bridgehead atoms. The van der Waals surface area contributed by atoms with Crippen molar-refractivity contribution >= 4 is 21.4 Å². The first-order valence-corrected chi connectivity index (χ1v) is 12.4. The van der Waals surface area contributed by atoms with Crippen LogP contribution in [-0.2, 0) is 23.0 Å². The second-order valence-corrected chi connectivity index (χ2v) is 10.1. The van der Waals surface area contributed by atoms with E-state index in [1.807, 2.05) is 12.3 Å². The molecule has 2 heterocycles. The number of hydrogen-bond donors (Lipinski definition) is 1. The summed E-state index contributed by atoms with van der Waals surface area (Å²) in [6.07, 6.45) is 0.973. The normalized spacial score (nSPS) is 15.5. The number of thiophene rings is 1. The minimum atomic E-state index is -3.62. The molecule has 0 unspecified atom stereocenters. The molecular weight excluding hydrogens is 416 g/mol. The van der Waals surface area contributed by atoms with Crippen LogP contribution in [0.2, 0.25) is 0 Å². The van der Waals surface area contributed by atoms with Crippen molar-refractivity contribution in [3.63, 3.8) is 0 Å². The fourth-order valence-corrected chi connectivity index (χ4v) is 5.83. The Morgan fingerprint density at radius 2 is 1.97 bits per heavy atom. The summed E-state index contributed by atoms with van der Waals surface area (Å²) >= 11 is 1.64. The summed E-state index contributed by atoms with van der Waals surface area (Å²) in [7, 11) is -2.04. The molecule has 0 fully saturated rings. The van der Waals surface area contributed by atoms with E-state index in [2.05, 4.69) is 45.3 Å². The number of rotatable bonds is 7. The van der Waals surface area contributed by atoms with Gasteiger partial charge in [0, 0.05) is 25.7 Å². The number of nitrogens with one attached hydrogen (secondary N) is 1. The minimum Gasteiger partial charge on any atom is -0.496 e. The Morgan fingerprint density at radius 1 is 1.17 bits per heavy atom. The molecule has 1 N–H and O–H groups in total. The first kappa shape index (κ1) is 21.1. The van der Waals surface area contributed by atoms with Gasteiger partial charge in [-0.25, -0.2) is 13.1 Å². The van der Waals surface area contributed by atoms with E-state index in [-0.39, 0.29) is 10.9 Å². The van der Waals surface area contributed by atoms with E-state index in [1.54, 1.807) is 36.6 Å². The highest BCUT2D eigenvalue weighted by Gasteiger charge is 2.27. The molecule has 1 atom stereocenters. The molecule has 5 nitrogen and oxygen atoms in total. The SMILES string of the molecule is COc1ccc(S(=O)(=O)NC[C@@H](c2ccsc2)N2CCc3ccccc3C2)cc1C. The highest BCUT2D eigenvalue weighted by Crippen LogP contribution is 2.29. The molecule has 2 aromatic carbocycles. The lowest BCUT2D eigenvalue weighted by molar-refractivity contribution is 0.181. The number of benzene rings is 2. The Hall–Kier alpha value is -2.19. The Balaban J connectivity index is 1.54. The van der Waals surface area contributed by atoms with Gasteiger partial charge in [0.05, 0.1) is 12.0 Å². The van der Waals surface area contributed by atoms with Gasteiger partial charge in [-0.2, -0.15) is 11.3 Å². The quantitative estimate of drug-likeness (QED) is 0.597. The fraction of sp³-hybridized carbons (Fsp3) is 0.304. The molecule has 0 radical (unpaired) electrons. The molecule has 0 spiro atoms. The van der Waals surface area contributed by atoms with Crippen molar-refractivity contribution in [3.8, 4) is 5.75 Å². The van der Waals surface area contributed by atoms with E-state index in [0.29, 0.717) is 12.3 Å². The lowest BCUT2D eigenvalue weighted by Gasteiger charge is -2.35. The summed E-state index contributed by atoms with van der Waals surface area (Å²) in [5.41, 5.74) is 4.64. The van der Waals surface area contributed by atoms with Crippen molar-refractivity contribution in [1.82, 2.24) is 9.62 Å². The number of methoxy groups -OCH3 is 1. The molecule has 30 heavy (non-hydrogen) atoms. The van der Waals surface area contributed by atoms with Gasteiger partial charge < -0.3 is 4.74 Å². The lowest BCUT2D eigenvalue weighted by atomic mass is 9.97. The Labute approximate surface area is 182 Å². The van der Waals surface area contributed by atoms with Gasteiger partial charge in [-0.05, 0) is 70.6 Å². The van der Waals surface area contributed by atoms with Crippen LogP contribution >= 0.6 is 11.3 Å². The highest BCUT2D eigenvalue weighted by molar-refractivity contribution is 7.89. The van der Waals surface area contributed by atoms with Crippen LogP contribution in [0.3, 0.4) is 0 Å². The third-order valence-electron chi connectivity index (χ3n) is 5.67. The van der Waals surface area contributed by atoms with Crippen LogP contribution in [-0.4, -0.2) is 33.5 Å². The number of aryl methyl sites for hydroxylation is 1. The Morgan fingerprint density at radius 3 is 2.67 bits per heavy atom. The van der Waals surface area contributed by atoms with Crippen molar-refractivity contribution < 1.29 is 13.2 Å². The first-order chi connectivity index (χ1) is 14.5. The third-order valence-corrected chi connectivity index (χ3v) is 7.79. The molecule has 3 aromatic rings. The van der Waals surface area contributed by atoms with E-state index in [0.717, 1.165) is 30.6 Å². The second-order valence-electron chi connectivity index (χ2n) is 7.54. The third kappa shape index (κ3) is 4.44. The standard InChI is InChI=1S/C23H26N2O3S2/c1-17-13-21(7-8-23(17)28-2)30(26,27)24-14-22(20-10-12-29-16-20)25-11-9-18-5-3-4-6-19(18)15-25/h3-8,10,12-13,16,22,24H,9,11,14-15H2,1-2H3/t22-/m0/s1. The van der Waals surface area contributed by atoms with Crippen molar-refractivity contribution in [2.45, 2.75) is 30.8 Å². The first-order valence-electron chi connectivity index (χ1n) is 9.95. The van der Waals surface area contributed by atoms with Gasteiger partial charge in [-0.15, -0.1) is 0 Å². The Bertz CT molecular complexity index is 1110.